The SMILES string of the molecule is CCn1ccc(C(=O)N2CCO[C@@H](CN(C)C)[C@@H]2c2ccccc2)cc1=O. The van der Waals surface area contributed by atoms with Crippen LogP contribution in [0.15, 0.2) is 53.5 Å². The minimum Gasteiger partial charge on any atom is -0.373 e. The van der Waals surface area contributed by atoms with Crippen LogP contribution in [-0.2, 0) is 11.3 Å². The standard InChI is InChI=1S/C21H27N3O3/c1-4-23-11-10-17(14-19(23)25)21(26)24-12-13-27-18(15-22(2)3)20(24)16-8-6-5-7-9-16/h5-11,14,18,20H,4,12-13,15H2,1-3H3/t18-,20-/m0/s1. The summed E-state index contributed by atoms with van der Waals surface area (Å²) < 4.78 is 7.61. The zero-order chi connectivity index (χ0) is 19.4. The Morgan fingerprint density at radius 3 is 2.59 bits per heavy atom. The molecular weight excluding hydrogens is 342 g/mol. The molecule has 1 aromatic carbocycles. The third kappa shape index (κ3) is 4.28. The lowest BCUT2D eigenvalue weighted by atomic mass is 9.96. The largest absolute Gasteiger partial charge is 0.373 e. The summed E-state index contributed by atoms with van der Waals surface area (Å²) in [4.78, 5) is 29.4. The smallest absolute Gasteiger partial charge is 0.254 e. The Bertz CT molecular complexity index is 832. The van der Waals surface area contributed by atoms with Gasteiger partial charge in [0.1, 0.15) is 0 Å². The van der Waals surface area contributed by atoms with Crippen molar-refractivity contribution in [1.82, 2.24) is 14.4 Å². The predicted molar refractivity (Wildman–Crippen MR) is 105 cm³/mol. The van der Waals surface area contributed by atoms with Crippen molar-refractivity contribution in [3.05, 3.63) is 70.1 Å². The third-order valence-corrected chi connectivity index (χ3v) is 4.88. The monoisotopic (exact) mass is 369 g/mol. The molecule has 144 valence electrons. The first kappa shape index (κ1) is 19.3. The molecule has 3 rings (SSSR count). The number of amides is 1. The second-order valence-corrected chi connectivity index (χ2v) is 7.07. The van der Waals surface area contributed by atoms with Gasteiger partial charge >= 0.3 is 0 Å². The molecule has 0 unspecified atom stereocenters. The van der Waals surface area contributed by atoms with E-state index in [-0.39, 0.29) is 23.6 Å². The van der Waals surface area contributed by atoms with Crippen LogP contribution in [-0.4, -0.2) is 60.2 Å². The van der Waals surface area contributed by atoms with Crippen LogP contribution in [0.2, 0.25) is 0 Å². The summed E-state index contributed by atoms with van der Waals surface area (Å²) in [6.07, 6.45) is 1.56. The van der Waals surface area contributed by atoms with Crippen molar-refractivity contribution >= 4 is 5.91 Å². The molecule has 0 spiro atoms. The first-order valence-corrected chi connectivity index (χ1v) is 9.34. The van der Waals surface area contributed by atoms with Crippen molar-refractivity contribution in [2.24, 2.45) is 0 Å². The van der Waals surface area contributed by atoms with Gasteiger partial charge in [-0.05, 0) is 32.6 Å². The number of rotatable bonds is 5. The van der Waals surface area contributed by atoms with Gasteiger partial charge in [0, 0.05) is 37.5 Å². The van der Waals surface area contributed by atoms with Crippen molar-refractivity contribution in [2.45, 2.75) is 25.6 Å². The molecule has 1 amide bonds. The Morgan fingerprint density at radius 2 is 1.96 bits per heavy atom. The van der Waals surface area contributed by atoms with Gasteiger partial charge in [0.15, 0.2) is 0 Å². The van der Waals surface area contributed by atoms with Crippen LogP contribution in [0.5, 0.6) is 0 Å². The third-order valence-electron chi connectivity index (χ3n) is 4.88. The summed E-state index contributed by atoms with van der Waals surface area (Å²) in [5.74, 6) is -0.128. The van der Waals surface area contributed by atoms with E-state index in [1.54, 1.807) is 16.8 Å². The van der Waals surface area contributed by atoms with Crippen LogP contribution in [0.3, 0.4) is 0 Å². The highest BCUT2D eigenvalue weighted by Crippen LogP contribution is 2.31. The van der Waals surface area contributed by atoms with Crippen molar-refractivity contribution in [1.29, 1.82) is 0 Å². The highest BCUT2D eigenvalue weighted by Gasteiger charge is 2.37. The Balaban J connectivity index is 1.96. The zero-order valence-corrected chi connectivity index (χ0v) is 16.2. The van der Waals surface area contributed by atoms with Gasteiger partial charge in [0.05, 0.1) is 18.8 Å². The second-order valence-electron chi connectivity index (χ2n) is 7.07. The first-order valence-electron chi connectivity index (χ1n) is 9.34. The van der Waals surface area contributed by atoms with Crippen LogP contribution in [0.4, 0.5) is 0 Å². The summed E-state index contributed by atoms with van der Waals surface area (Å²) in [6.45, 7) is 4.18. The number of likely N-dealkylation sites (N-methyl/N-ethyl adjacent to an activating group) is 1. The van der Waals surface area contributed by atoms with Crippen molar-refractivity contribution in [2.75, 3.05) is 33.8 Å². The lowest BCUT2D eigenvalue weighted by Crippen LogP contribution is -2.51. The van der Waals surface area contributed by atoms with E-state index in [4.69, 9.17) is 4.74 Å². The Morgan fingerprint density at radius 1 is 1.22 bits per heavy atom. The minimum atomic E-state index is -0.191. The molecule has 6 nitrogen and oxygen atoms in total. The lowest BCUT2D eigenvalue weighted by Gasteiger charge is -2.42. The molecule has 0 aliphatic carbocycles. The minimum absolute atomic E-state index is 0.128. The molecule has 0 saturated carbocycles. The zero-order valence-electron chi connectivity index (χ0n) is 16.2. The highest BCUT2D eigenvalue weighted by molar-refractivity contribution is 5.94. The van der Waals surface area contributed by atoms with Crippen LogP contribution >= 0.6 is 0 Å². The molecule has 0 radical (unpaired) electrons. The highest BCUT2D eigenvalue weighted by atomic mass is 16.5. The van der Waals surface area contributed by atoms with E-state index in [0.717, 1.165) is 5.56 Å². The van der Waals surface area contributed by atoms with E-state index in [1.165, 1.54) is 6.07 Å². The fourth-order valence-corrected chi connectivity index (χ4v) is 3.59. The van der Waals surface area contributed by atoms with E-state index in [9.17, 15) is 9.59 Å². The lowest BCUT2D eigenvalue weighted by molar-refractivity contribution is -0.0684. The molecule has 6 heteroatoms. The van der Waals surface area contributed by atoms with Gasteiger partial charge in [-0.3, -0.25) is 9.59 Å². The first-order chi connectivity index (χ1) is 13.0. The summed E-state index contributed by atoms with van der Waals surface area (Å²) in [5.41, 5.74) is 1.31. The maximum Gasteiger partial charge on any atom is 0.254 e. The number of aryl methyl sites for hydroxylation is 1. The Hall–Kier alpha value is -2.44. The molecule has 1 aromatic heterocycles. The normalized spacial score (nSPS) is 20.1. The average Bonchev–Trinajstić information content (AvgIpc) is 2.67. The fraction of sp³-hybridized carbons (Fsp3) is 0.429. The Labute approximate surface area is 160 Å². The van der Waals surface area contributed by atoms with E-state index >= 15 is 0 Å². The summed E-state index contributed by atoms with van der Waals surface area (Å²) in [5, 5.41) is 0. The van der Waals surface area contributed by atoms with Gasteiger partial charge < -0.3 is 19.1 Å². The number of hydrogen-bond acceptors (Lipinski definition) is 4. The molecule has 0 N–H and O–H groups in total. The van der Waals surface area contributed by atoms with Crippen LogP contribution in [0.25, 0.3) is 0 Å². The number of nitrogens with zero attached hydrogens (tertiary/aromatic N) is 3. The van der Waals surface area contributed by atoms with Crippen molar-refractivity contribution in [3.63, 3.8) is 0 Å². The maximum atomic E-state index is 13.3. The van der Waals surface area contributed by atoms with Crippen LogP contribution in [0, 0.1) is 0 Å². The number of aromatic nitrogens is 1. The Kier molecular flexibility index (Phi) is 6.08. The molecule has 1 fully saturated rings. The number of hydrogen-bond donors (Lipinski definition) is 0. The van der Waals surface area contributed by atoms with Gasteiger partial charge in [-0.15, -0.1) is 0 Å². The van der Waals surface area contributed by atoms with Crippen molar-refractivity contribution in [3.8, 4) is 0 Å². The van der Waals surface area contributed by atoms with Crippen LogP contribution in [0.1, 0.15) is 28.9 Å². The van der Waals surface area contributed by atoms with Gasteiger partial charge in [-0.25, -0.2) is 0 Å². The molecular formula is C21H27N3O3. The average molecular weight is 369 g/mol. The van der Waals surface area contributed by atoms with E-state index in [2.05, 4.69) is 4.90 Å². The number of morpholine rings is 1. The number of ether oxygens (including phenoxy) is 1. The molecule has 1 aliphatic rings. The molecule has 1 saturated heterocycles. The van der Waals surface area contributed by atoms with E-state index < -0.39 is 0 Å². The van der Waals surface area contributed by atoms with Crippen molar-refractivity contribution < 1.29 is 9.53 Å². The van der Waals surface area contributed by atoms with Gasteiger partial charge in [0.2, 0.25) is 0 Å². The van der Waals surface area contributed by atoms with Gasteiger partial charge in [-0.2, -0.15) is 0 Å². The molecule has 27 heavy (non-hydrogen) atoms. The van der Waals surface area contributed by atoms with E-state index in [0.29, 0.717) is 31.8 Å². The number of carbonyl (C=O) groups excluding carboxylic acids is 1. The summed E-state index contributed by atoms with van der Waals surface area (Å²) in [7, 11) is 3.99. The quantitative estimate of drug-likeness (QED) is 0.809. The molecule has 2 aromatic rings. The van der Waals surface area contributed by atoms with Gasteiger partial charge in [0.25, 0.3) is 11.5 Å². The molecule has 2 heterocycles. The second kappa shape index (κ2) is 8.50. The molecule has 1 aliphatic heterocycles. The summed E-state index contributed by atoms with van der Waals surface area (Å²) >= 11 is 0. The van der Waals surface area contributed by atoms with Gasteiger partial charge in [-0.1, -0.05) is 30.3 Å². The predicted octanol–water partition coefficient (Wildman–Crippen LogP) is 2.01. The summed E-state index contributed by atoms with van der Waals surface area (Å²) in [6, 6.07) is 12.9. The number of carbonyl (C=O) groups is 1. The topological polar surface area (TPSA) is 54.8 Å². The molecule has 2 atom stereocenters. The number of benzene rings is 1. The number of pyridine rings is 1. The fourth-order valence-electron chi connectivity index (χ4n) is 3.59. The van der Waals surface area contributed by atoms with Crippen LogP contribution < -0.4 is 5.56 Å². The molecule has 0 bridgehead atoms. The maximum absolute atomic E-state index is 13.3. The van der Waals surface area contributed by atoms with E-state index in [1.807, 2.05) is 56.3 Å².